The Morgan fingerprint density at radius 1 is 1.29 bits per heavy atom. The first-order valence-corrected chi connectivity index (χ1v) is 6.86. The summed E-state index contributed by atoms with van der Waals surface area (Å²) in [4.78, 5) is 24.8. The number of benzene rings is 1. The lowest BCUT2D eigenvalue weighted by atomic mass is 10.1. The molecule has 0 atom stereocenters. The Labute approximate surface area is 122 Å². The second-order valence-corrected chi connectivity index (χ2v) is 4.85. The third-order valence-corrected chi connectivity index (χ3v) is 3.30. The van der Waals surface area contributed by atoms with E-state index >= 15 is 0 Å². The Kier molecular flexibility index (Phi) is 5.10. The molecule has 0 radical (unpaired) electrons. The van der Waals surface area contributed by atoms with Crippen molar-refractivity contribution in [3.8, 4) is 0 Å². The highest BCUT2D eigenvalue weighted by Crippen LogP contribution is 2.16. The van der Waals surface area contributed by atoms with Crippen molar-refractivity contribution < 1.29 is 18.7 Å². The number of amides is 2. The van der Waals surface area contributed by atoms with Gasteiger partial charge < -0.3 is 15.4 Å². The van der Waals surface area contributed by atoms with Crippen molar-refractivity contribution in [1.29, 1.82) is 0 Å². The van der Waals surface area contributed by atoms with E-state index < -0.39 is 18.0 Å². The molecule has 0 aromatic heterocycles. The second kappa shape index (κ2) is 7.03. The summed E-state index contributed by atoms with van der Waals surface area (Å²) < 4.78 is 18.2. The SMILES string of the molecule is NCc1ccc(F)c(NC(=O)OC(=O)N2CCCCC2)c1. The molecule has 1 heterocycles. The molecule has 2 rings (SSSR count). The maximum Gasteiger partial charge on any atom is 0.420 e. The fourth-order valence-electron chi connectivity index (χ4n) is 2.15. The van der Waals surface area contributed by atoms with E-state index in [0.29, 0.717) is 18.7 Å². The van der Waals surface area contributed by atoms with Crippen LogP contribution < -0.4 is 11.1 Å². The molecular weight excluding hydrogens is 277 g/mol. The van der Waals surface area contributed by atoms with Crippen LogP contribution in [-0.4, -0.2) is 30.2 Å². The Morgan fingerprint density at radius 3 is 2.67 bits per heavy atom. The maximum absolute atomic E-state index is 13.6. The summed E-state index contributed by atoms with van der Waals surface area (Å²) in [6.07, 6.45) is 1.14. The fraction of sp³-hybridized carbons (Fsp3) is 0.429. The van der Waals surface area contributed by atoms with Crippen molar-refractivity contribution >= 4 is 17.9 Å². The topological polar surface area (TPSA) is 84.7 Å². The summed E-state index contributed by atoms with van der Waals surface area (Å²) in [5, 5.41) is 2.22. The lowest BCUT2D eigenvalue weighted by molar-refractivity contribution is 0.117. The molecule has 21 heavy (non-hydrogen) atoms. The monoisotopic (exact) mass is 295 g/mol. The van der Waals surface area contributed by atoms with Crippen LogP contribution in [0.4, 0.5) is 19.7 Å². The van der Waals surface area contributed by atoms with Crippen molar-refractivity contribution in [2.45, 2.75) is 25.8 Å². The fourth-order valence-corrected chi connectivity index (χ4v) is 2.15. The molecule has 1 saturated heterocycles. The molecule has 0 aliphatic carbocycles. The first kappa shape index (κ1) is 15.2. The average Bonchev–Trinajstić information content (AvgIpc) is 2.50. The summed E-state index contributed by atoms with van der Waals surface area (Å²) in [7, 11) is 0. The van der Waals surface area contributed by atoms with E-state index in [1.807, 2.05) is 0 Å². The van der Waals surface area contributed by atoms with E-state index in [2.05, 4.69) is 10.1 Å². The minimum absolute atomic E-state index is 0.0607. The molecule has 0 saturated carbocycles. The highest BCUT2D eigenvalue weighted by molar-refractivity contribution is 5.92. The third-order valence-electron chi connectivity index (χ3n) is 3.30. The normalized spacial score (nSPS) is 14.7. The first-order chi connectivity index (χ1) is 10.1. The number of anilines is 1. The van der Waals surface area contributed by atoms with Crippen LogP contribution in [0.15, 0.2) is 18.2 Å². The molecule has 0 bridgehead atoms. The average molecular weight is 295 g/mol. The highest BCUT2D eigenvalue weighted by Gasteiger charge is 2.21. The van der Waals surface area contributed by atoms with Gasteiger partial charge in [0.25, 0.3) is 0 Å². The van der Waals surface area contributed by atoms with Crippen LogP contribution >= 0.6 is 0 Å². The predicted molar refractivity (Wildman–Crippen MR) is 75.2 cm³/mol. The van der Waals surface area contributed by atoms with Crippen molar-refractivity contribution in [2.75, 3.05) is 18.4 Å². The van der Waals surface area contributed by atoms with Gasteiger partial charge >= 0.3 is 12.2 Å². The first-order valence-electron chi connectivity index (χ1n) is 6.86. The number of carbonyl (C=O) groups is 2. The molecular formula is C14H18FN3O3. The molecule has 1 aromatic rings. The molecule has 1 aliphatic rings. The number of nitrogens with zero attached hydrogens (tertiary/aromatic N) is 1. The van der Waals surface area contributed by atoms with Crippen molar-refractivity contribution in [1.82, 2.24) is 4.90 Å². The second-order valence-electron chi connectivity index (χ2n) is 4.85. The van der Waals surface area contributed by atoms with E-state index in [4.69, 9.17) is 5.73 Å². The predicted octanol–water partition coefficient (Wildman–Crippen LogP) is 2.44. The van der Waals surface area contributed by atoms with E-state index in [9.17, 15) is 14.0 Å². The van der Waals surface area contributed by atoms with Crippen molar-refractivity contribution in [3.05, 3.63) is 29.6 Å². The van der Waals surface area contributed by atoms with Crippen molar-refractivity contribution in [2.24, 2.45) is 5.73 Å². The molecule has 3 N–H and O–H groups in total. The molecule has 7 heteroatoms. The largest absolute Gasteiger partial charge is 0.420 e. The van der Waals surface area contributed by atoms with Gasteiger partial charge in [-0.2, -0.15) is 0 Å². The van der Waals surface area contributed by atoms with Gasteiger partial charge in [0.2, 0.25) is 0 Å². The molecule has 6 nitrogen and oxygen atoms in total. The minimum Gasteiger partial charge on any atom is -0.359 e. The number of ether oxygens (including phenoxy) is 1. The number of halogens is 1. The van der Waals surface area contributed by atoms with Gasteiger partial charge in [0.1, 0.15) is 5.82 Å². The molecule has 114 valence electrons. The number of rotatable bonds is 2. The number of piperidine rings is 1. The van der Waals surface area contributed by atoms with Gasteiger partial charge in [0.15, 0.2) is 0 Å². The zero-order valence-electron chi connectivity index (χ0n) is 11.6. The minimum atomic E-state index is -1.00. The zero-order chi connectivity index (χ0) is 15.2. The van der Waals surface area contributed by atoms with Gasteiger partial charge in [0, 0.05) is 19.6 Å². The Balaban J connectivity index is 1.93. The number of hydrogen-bond acceptors (Lipinski definition) is 4. The zero-order valence-corrected chi connectivity index (χ0v) is 11.6. The number of likely N-dealkylation sites (tertiary alicyclic amines) is 1. The van der Waals surface area contributed by atoms with Gasteiger partial charge in [-0.05, 0) is 37.0 Å². The van der Waals surface area contributed by atoms with E-state index in [1.54, 1.807) is 0 Å². The van der Waals surface area contributed by atoms with Crippen LogP contribution in [0.1, 0.15) is 24.8 Å². The van der Waals surface area contributed by atoms with E-state index in [0.717, 1.165) is 19.3 Å². The van der Waals surface area contributed by atoms with Crippen LogP contribution in [-0.2, 0) is 11.3 Å². The Bertz CT molecular complexity index is 530. The van der Waals surface area contributed by atoms with Gasteiger partial charge in [-0.15, -0.1) is 0 Å². The summed E-state index contributed by atoms with van der Waals surface area (Å²) in [5.41, 5.74) is 6.05. The molecule has 1 aliphatic heterocycles. The van der Waals surface area contributed by atoms with E-state index in [-0.39, 0.29) is 12.2 Å². The maximum atomic E-state index is 13.6. The number of hydrogen-bond donors (Lipinski definition) is 2. The van der Waals surface area contributed by atoms with E-state index in [1.165, 1.54) is 23.1 Å². The lowest BCUT2D eigenvalue weighted by Gasteiger charge is -2.25. The van der Waals surface area contributed by atoms with Gasteiger partial charge in [-0.25, -0.2) is 14.0 Å². The Hall–Kier alpha value is -2.15. The number of nitrogens with two attached hydrogens (primary N) is 1. The quantitative estimate of drug-likeness (QED) is 0.821. The standard InChI is InChI=1S/C14H18FN3O3/c15-11-5-4-10(9-16)8-12(11)17-13(19)21-14(20)18-6-2-1-3-7-18/h4-5,8H,1-3,6-7,9,16H2,(H,17,19). The molecule has 1 aromatic carbocycles. The lowest BCUT2D eigenvalue weighted by Crippen LogP contribution is -2.38. The van der Waals surface area contributed by atoms with Crippen LogP contribution in [0.3, 0.4) is 0 Å². The van der Waals surface area contributed by atoms with Crippen molar-refractivity contribution in [3.63, 3.8) is 0 Å². The number of nitrogens with one attached hydrogen (secondary N) is 1. The van der Waals surface area contributed by atoms with Gasteiger partial charge in [-0.3, -0.25) is 5.32 Å². The van der Waals surface area contributed by atoms with Gasteiger partial charge in [-0.1, -0.05) is 6.07 Å². The highest BCUT2D eigenvalue weighted by atomic mass is 19.1. The smallest absolute Gasteiger partial charge is 0.359 e. The molecule has 1 fully saturated rings. The third kappa shape index (κ3) is 4.16. The van der Waals surface area contributed by atoms with Gasteiger partial charge in [0.05, 0.1) is 5.69 Å². The summed E-state index contributed by atoms with van der Waals surface area (Å²) >= 11 is 0. The summed E-state index contributed by atoms with van der Waals surface area (Å²) in [6.45, 7) is 1.36. The van der Waals surface area contributed by atoms with Crippen LogP contribution in [0.25, 0.3) is 0 Å². The number of carbonyl (C=O) groups excluding carboxylic acids is 2. The van der Waals surface area contributed by atoms with Crippen LogP contribution in [0.5, 0.6) is 0 Å². The molecule has 0 spiro atoms. The Morgan fingerprint density at radius 2 is 2.00 bits per heavy atom. The molecule has 0 unspecified atom stereocenters. The van der Waals surface area contributed by atoms with Crippen LogP contribution in [0, 0.1) is 5.82 Å². The summed E-state index contributed by atoms with van der Waals surface area (Å²) in [6, 6.07) is 4.12. The molecule has 2 amide bonds. The van der Waals surface area contributed by atoms with Crippen LogP contribution in [0.2, 0.25) is 0 Å². The summed E-state index contributed by atoms with van der Waals surface area (Å²) in [5.74, 6) is -0.616.